The highest BCUT2D eigenvalue weighted by molar-refractivity contribution is 6.76. The van der Waals surface area contributed by atoms with E-state index in [9.17, 15) is 0 Å². The summed E-state index contributed by atoms with van der Waals surface area (Å²) in [6, 6.07) is 3.45. The molecule has 0 fully saturated rings. The highest BCUT2D eigenvalue weighted by Crippen LogP contribution is 2.11. The molecule has 0 bridgehead atoms. The third kappa shape index (κ3) is 7.71. The topological polar surface area (TPSA) is 23.8 Å². The van der Waals surface area contributed by atoms with E-state index in [1.165, 1.54) is 6.04 Å². The maximum absolute atomic E-state index is 8.23. The third-order valence-electron chi connectivity index (χ3n) is 1.22. The lowest BCUT2D eigenvalue weighted by Gasteiger charge is -2.13. The fraction of sp³-hybridized carbons (Fsp3) is 0.857. The lowest BCUT2D eigenvalue weighted by molar-refractivity contribution is 0.944. The Morgan fingerprint density at radius 3 is 2.22 bits per heavy atom. The number of rotatable bonds is 3. The van der Waals surface area contributed by atoms with Crippen molar-refractivity contribution in [2.75, 3.05) is 0 Å². The van der Waals surface area contributed by atoms with Gasteiger partial charge in [-0.1, -0.05) is 25.7 Å². The Bertz CT molecular complexity index is 107. The van der Waals surface area contributed by atoms with E-state index in [0.29, 0.717) is 0 Å². The number of nitriles is 1. The Labute approximate surface area is 58.7 Å². The van der Waals surface area contributed by atoms with Gasteiger partial charge in [0, 0.05) is 14.5 Å². The molecule has 2 heteroatoms. The summed E-state index contributed by atoms with van der Waals surface area (Å²) in [7, 11) is -0.846. The van der Waals surface area contributed by atoms with E-state index in [1.54, 1.807) is 0 Å². The van der Waals surface area contributed by atoms with Crippen molar-refractivity contribution >= 4 is 8.07 Å². The molecule has 1 nitrogen and oxygen atoms in total. The molecule has 0 spiro atoms. The molecule has 0 radical (unpaired) electrons. The molecule has 52 valence electrons. The second-order valence-corrected chi connectivity index (χ2v) is 9.19. The van der Waals surface area contributed by atoms with Crippen LogP contribution in [0.2, 0.25) is 25.7 Å². The first-order chi connectivity index (χ1) is 4.06. The number of nitrogens with zero attached hydrogens (tertiary/aromatic N) is 1. The first kappa shape index (κ1) is 8.71. The summed E-state index contributed by atoms with van der Waals surface area (Å²) >= 11 is 0. The normalized spacial score (nSPS) is 10.9. The molecule has 0 aromatic heterocycles. The summed E-state index contributed by atoms with van der Waals surface area (Å²) < 4.78 is 0. The highest BCUT2D eigenvalue weighted by Gasteiger charge is 2.10. The van der Waals surface area contributed by atoms with Crippen molar-refractivity contribution in [2.24, 2.45) is 0 Å². The predicted octanol–water partition coefficient (Wildman–Crippen LogP) is 2.63. The van der Waals surface area contributed by atoms with Crippen molar-refractivity contribution < 1.29 is 0 Å². The van der Waals surface area contributed by atoms with Crippen molar-refractivity contribution in [1.82, 2.24) is 0 Å². The van der Waals surface area contributed by atoms with Crippen LogP contribution in [0.5, 0.6) is 0 Å². The molecule has 0 aliphatic carbocycles. The van der Waals surface area contributed by atoms with Gasteiger partial charge in [0.15, 0.2) is 0 Å². The molecule has 0 unspecified atom stereocenters. The van der Waals surface area contributed by atoms with Gasteiger partial charge in [-0.15, -0.1) is 0 Å². The number of hydrogen-bond donors (Lipinski definition) is 0. The Morgan fingerprint density at radius 1 is 1.33 bits per heavy atom. The third-order valence-corrected chi connectivity index (χ3v) is 3.07. The van der Waals surface area contributed by atoms with Crippen molar-refractivity contribution in [1.29, 1.82) is 5.26 Å². The summed E-state index contributed by atoms with van der Waals surface area (Å²) in [5.41, 5.74) is 0. The fourth-order valence-electron chi connectivity index (χ4n) is 0.698. The molecule has 0 aromatic rings. The van der Waals surface area contributed by atoms with E-state index in [0.717, 1.165) is 12.8 Å². The van der Waals surface area contributed by atoms with Gasteiger partial charge in [0.05, 0.1) is 6.07 Å². The molecule has 0 saturated heterocycles. The average molecular weight is 141 g/mol. The van der Waals surface area contributed by atoms with Crippen LogP contribution in [-0.2, 0) is 0 Å². The van der Waals surface area contributed by atoms with Crippen molar-refractivity contribution in [3.63, 3.8) is 0 Å². The Hall–Kier alpha value is -0.293. The quantitative estimate of drug-likeness (QED) is 0.438. The molecule has 9 heavy (non-hydrogen) atoms. The molecular formula is C7H15NSi. The van der Waals surface area contributed by atoms with Gasteiger partial charge in [0.2, 0.25) is 0 Å². The lowest BCUT2D eigenvalue weighted by atomic mass is 10.4. The molecule has 0 aromatic carbocycles. The Kier molecular flexibility index (Phi) is 3.56. The summed E-state index contributed by atoms with van der Waals surface area (Å²) in [5, 5.41) is 8.23. The minimum Gasteiger partial charge on any atom is -0.198 e. The molecule has 0 aliphatic rings. The summed E-state index contributed by atoms with van der Waals surface area (Å²) in [5.74, 6) is 0. The van der Waals surface area contributed by atoms with Gasteiger partial charge in [-0.25, -0.2) is 0 Å². The molecule has 0 atom stereocenters. The predicted molar refractivity (Wildman–Crippen MR) is 43.0 cm³/mol. The van der Waals surface area contributed by atoms with Gasteiger partial charge in [-0.05, 0) is 6.42 Å². The van der Waals surface area contributed by atoms with Gasteiger partial charge < -0.3 is 0 Å². The smallest absolute Gasteiger partial charge is 0.0621 e. The van der Waals surface area contributed by atoms with Crippen LogP contribution < -0.4 is 0 Å². The van der Waals surface area contributed by atoms with E-state index in [4.69, 9.17) is 5.26 Å². The number of unbranched alkanes of at least 4 members (excludes halogenated alkanes) is 1. The summed E-state index contributed by atoms with van der Waals surface area (Å²) in [6.45, 7) is 7.01. The molecule has 0 amide bonds. The van der Waals surface area contributed by atoms with Crippen molar-refractivity contribution in [3.8, 4) is 6.07 Å². The molecule has 0 N–H and O–H groups in total. The van der Waals surface area contributed by atoms with Gasteiger partial charge in [0.1, 0.15) is 0 Å². The first-order valence-electron chi connectivity index (χ1n) is 3.43. The summed E-state index contributed by atoms with van der Waals surface area (Å²) in [6.07, 6.45) is 1.84. The van der Waals surface area contributed by atoms with Gasteiger partial charge in [-0.2, -0.15) is 5.26 Å². The molecule has 0 aliphatic heterocycles. The second kappa shape index (κ2) is 3.68. The SMILES string of the molecule is C[Si](C)(C)CCCC#N. The van der Waals surface area contributed by atoms with Crippen LogP contribution in [0.3, 0.4) is 0 Å². The monoisotopic (exact) mass is 141 g/mol. The maximum atomic E-state index is 8.23. The zero-order valence-corrected chi connectivity index (χ0v) is 7.57. The van der Waals surface area contributed by atoms with E-state index < -0.39 is 8.07 Å². The van der Waals surface area contributed by atoms with Crippen LogP contribution in [0.15, 0.2) is 0 Å². The molecule has 0 saturated carbocycles. The van der Waals surface area contributed by atoms with E-state index >= 15 is 0 Å². The first-order valence-corrected chi connectivity index (χ1v) is 7.14. The Morgan fingerprint density at radius 2 is 1.89 bits per heavy atom. The molecule has 0 rings (SSSR count). The largest absolute Gasteiger partial charge is 0.198 e. The Balaban J connectivity index is 3.20. The molecule has 0 heterocycles. The summed E-state index contributed by atoms with van der Waals surface area (Å²) in [4.78, 5) is 0. The van der Waals surface area contributed by atoms with Crippen molar-refractivity contribution in [2.45, 2.75) is 38.5 Å². The minimum atomic E-state index is -0.846. The zero-order chi connectivity index (χ0) is 7.33. The van der Waals surface area contributed by atoms with E-state index in [1.807, 2.05) is 0 Å². The minimum absolute atomic E-state index is 0.740. The van der Waals surface area contributed by atoms with Crippen LogP contribution >= 0.6 is 0 Å². The van der Waals surface area contributed by atoms with Crippen LogP contribution in [0.25, 0.3) is 0 Å². The van der Waals surface area contributed by atoms with Crippen LogP contribution in [-0.4, -0.2) is 8.07 Å². The van der Waals surface area contributed by atoms with E-state index in [-0.39, 0.29) is 0 Å². The molecular weight excluding hydrogens is 126 g/mol. The van der Waals surface area contributed by atoms with Crippen LogP contribution in [0.4, 0.5) is 0 Å². The zero-order valence-electron chi connectivity index (χ0n) is 6.57. The fourth-order valence-corrected chi connectivity index (χ4v) is 1.94. The van der Waals surface area contributed by atoms with Crippen LogP contribution in [0.1, 0.15) is 12.8 Å². The van der Waals surface area contributed by atoms with Gasteiger partial charge in [0.25, 0.3) is 0 Å². The average Bonchev–Trinajstić information content (AvgIpc) is 1.63. The van der Waals surface area contributed by atoms with Crippen molar-refractivity contribution in [3.05, 3.63) is 0 Å². The maximum Gasteiger partial charge on any atom is 0.0621 e. The van der Waals surface area contributed by atoms with Crippen LogP contribution in [0, 0.1) is 11.3 Å². The number of hydrogen-bond acceptors (Lipinski definition) is 1. The second-order valence-electron chi connectivity index (χ2n) is 3.57. The highest BCUT2D eigenvalue weighted by atomic mass is 28.3. The van der Waals surface area contributed by atoms with E-state index in [2.05, 4.69) is 25.7 Å². The van der Waals surface area contributed by atoms with Gasteiger partial charge >= 0.3 is 0 Å². The lowest BCUT2D eigenvalue weighted by Crippen LogP contribution is -2.18. The standard InChI is InChI=1S/C7H15NSi/c1-9(2,3)7-5-4-6-8/h4-5,7H2,1-3H3. The van der Waals surface area contributed by atoms with Gasteiger partial charge in [-0.3, -0.25) is 0 Å².